The molecule has 0 amide bonds. The van der Waals surface area contributed by atoms with E-state index in [-0.39, 0.29) is 28.3 Å². The van der Waals surface area contributed by atoms with Crippen LogP contribution in [0.5, 0.6) is 0 Å². The monoisotopic (exact) mass is 312 g/mol. The molecule has 20 heavy (non-hydrogen) atoms. The van der Waals surface area contributed by atoms with E-state index in [0.717, 1.165) is 11.1 Å². The molecule has 116 valence electrons. The molecule has 0 aromatic heterocycles. The summed E-state index contributed by atoms with van der Waals surface area (Å²) in [7, 11) is 0. The molecule has 2 aromatic rings. The molecule has 2 rings (SSSR count). The summed E-state index contributed by atoms with van der Waals surface area (Å²) in [4.78, 5) is 11.7. The van der Waals surface area contributed by atoms with E-state index in [2.05, 4.69) is 39.8 Å². The van der Waals surface area contributed by atoms with Crippen molar-refractivity contribution in [3.63, 3.8) is 0 Å². The number of ketones is 1. The summed E-state index contributed by atoms with van der Waals surface area (Å²) in [5.41, 5.74) is 3.45. The summed E-state index contributed by atoms with van der Waals surface area (Å²) in [6.45, 7) is 10.3. The smallest absolute Gasteiger partial charge is 0.109 e. The Bertz CT molecular complexity index is 498. The van der Waals surface area contributed by atoms with Crippen LogP contribution in [-0.2, 0) is 17.1 Å². The van der Waals surface area contributed by atoms with Gasteiger partial charge in [0.25, 0.3) is 0 Å². The van der Waals surface area contributed by atoms with Gasteiger partial charge in [-0.1, -0.05) is 33.3 Å². The molecule has 0 bridgehead atoms. The van der Waals surface area contributed by atoms with Crippen LogP contribution in [0.15, 0.2) is 42.5 Å². The van der Waals surface area contributed by atoms with Gasteiger partial charge >= 0.3 is 0 Å². The van der Waals surface area contributed by atoms with E-state index < -0.39 is 0 Å². The third-order valence-electron chi connectivity index (χ3n) is 2.75. The SMILES string of the molecule is C[c-]1[cH-][cH-][cH-][cH-]1.Cc1cc[c-](C(=O)CC(C)(C)C)c1.[Fe]. The van der Waals surface area contributed by atoms with E-state index in [1.165, 1.54) is 5.56 Å². The Morgan fingerprint density at radius 1 is 1.25 bits per heavy atom. The van der Waals surface area contributed by atoms with Crippen molar-refractivity contribution < 1.29 is 21.9 Å². The van der Waals surface area contributed by atoms with Crippen molar-refractivity contribution in [2.75, 3.05) is 0 Å². The minimum absolute atomic E-state index is 0. The summed E-state index contributed by atoms with van der Waals surface area (Å²) in [5.74, 6) is 0.251. The van der Waals surface area contributed by atoms with Crippen LogP contribution in [0.25, 0.3) is 0 Å². The maximum atomic E-state index is 11.7. The molecule has 0 spiro atoms. The number of aryl methyl sites for hydroxylation is 2. The van der Waals surface area contributed by atoms with Gasteiger partial charge in [-0.3, -0.25) is 0 Å². The Hall–Kier alpha value is -1.11. The van der Waals surface area contributed by atoms with Crippen LogP contribution in [0.3, 0.4) is 0 Å². The van der Waals surface area contributed by atoms with Gasteiger partial charge in [-0.05, 0) is 5.41 Å². The van der Waals surface area contributed by atoms with Crippen molar-refractivity contribution in [3.05, 3.63) is 59.2 Å². The zero-order valence-electron chi connectivity index (χ0n) is 13.0. The molecule has 0 aliphatic heterocycles. The van der Waals surface area contributed by atoms with Crippen LogP contribution in [0.1, 0.15) is 48.7 Å². The molecule has 0 radical (unpaired) electrons. The third-order valence-corrected chi connectivity index (χ3v) is 2.75. The minimum Gasteiger partial charge on any atom is -0.748 e. The third kappa shape index (κ3) is 7.47. The van der Waals surface area contributed by atoms with Gasteiger partial charge in [0.1, 0.15) is 5.78 Å². The largest absolute Gasteiger partial charge is 0.748 e. The van der Waals surface area contributed by atoms with E-state index in [4.69, 9.17) is 0 Å². The molecule has 0 saturated heterocycles. The molecule has 2 heteroatoms. The number of hydrogen-bond donors (Lipinski definition) is 0. The molecule has 0 atom stereocenters. The average Bonchev–Trinajstić information content (AvgIpc) is 2.88. The van der Waals surface area contributed by atoms with Crippen molar-refractivity contribution in [1.82, 2.24) is 0 Å². The van der Waals surface area contributed by atoms with E-state index in [1.54, 1.807) is 0 Å². The van der Waals surface area contributed by atoms with Crippen molar-refractivity contribution >= 4 is 5.78 Å². The van der Waals surface area contributed by atoms with Crippen LogP contribution < -0.4 is 0 Å². The van der Waals surface area contributed by atoms with Gasteiger partial charge in [0.15, 0.2) is 0 Å². The number of rotatable bonds is 2. The predicted octanol–water partition coefficient (Wildman–Crippen LogP) is 5.04. The van der Waals surface area contributed by atoms with Gasteiger partial charge < -0.3 is 34.6 Å². The van der Waals surface area contributed by atoms with Crippen LogP contribution in [-0.4, -0.2) is 5.78 Å². The second-order valence-corrected chi connectivity index (χ2v) is 6.30. The van der Waals surface area contributed by atoms with Gasteiger partial charge in [0, 0.05) is 23.5 Å². The van der Waals surface area contributed by atoms with Crippen molar-refractivity contribution in [3.8, 4) is 0 Å². The van der Waals surface area contributed by atoms with Gasteiger partial charge in [0.05, 0.1) is 0 Å². The van der Waals surface area contributed by atoms with Crippen LogP contribution >= 0.6 is 0 Å². The maximum Gasteiger partial charge on any atom is 0.109 e. The molecule has 1 nitrogen and oxygen atoms in total. The van der Waals surface area contributed by atoms with Crippen molar-refractivity contribution in [2.24, 2.45) is 5.41 Å². The fourth-order valence-electron chi connectivity index (χ4n) is 1.79. The predicted molar refractivity (Wildman–Crippen MR) is 81.9 cm³/mol. The van der Waals surface area contributed by atoms with Gasteiger partial charge in [0.2, 0.25) is 0 Å². The first-order chi connectivity index (χ1) is 8.78. The first-order valence-corrected chi connectivity index (χ1v) is 6.73. The van der Waals surface area contributed by atoms with E-state index in [1.807, 2.05) is 37.3 Å². The number of carbonyl (C=O) groups excluding carboxylic acids is 1. The molecule has 0 unspecified atom stereocenters. The van der Waals surface area contributed by atoms with Gasteiger partial charge in [-0.2, -0.15) is 12.1 Å². The van der Waals surface area contributed by atoms with Gasteiger partial charge in [-0.25, -0.2) is 18.6 Å². The fraction of sp³-hybridized carbons (Fsp3) is 0.389. The average molecular weight is 312 g/mol. The van der Waals surface area contributed by atoms with Crippen LogP contribution in [0.4, 0.5) is 0 Å². The molecular formula is C18H24FeO-6. The second kappa shape index (κ2) is 8.24. The summed E-state index contributed by atoms with van der Waals surface area (Å²) in [5, 5.41) is 0. The molecular weight excluding hydrogens is 288 g/mol. The Morgan fingerprint density at radius 2 is 1.80 bits per heavy atom. The van der Waals surface area contributed by atoms with E-state index in [9.17, 15) is 4.79 Å². The first kappa shape index (κ1) is 18.9. The molecule has 0 saturated carbocycles. The standard InChI is InChI=1S/C12H17O.C6H7.Fe/c1-9-5-6-10(7-9)11(13)8-12(2,3)4;1-6-4-2-3-5-6;/h5-7H,8H2,1-4H3;2-5H,1H3;/q-1;-5;. The molecule has 0 fully saturated rings. The Kier molecular flexibility index (Phi) is 7.78. The maximum absolute atomic E-state index is 11.7. The zero-order valence-corrected chi connectivity index (χ0v) is 14.1. The number of carbonyl (C=O) groups is 1. The molecule has 2 aromatic carbocycles. The quantitative estimate of drug-likeness (QED) is 0.431. The summed E-state index contributed by atoms with van der Waals surface area (Å²) < 4.78 is 0. The summed E-state index contributed by atoms with van der Waals surface area (Å²) >= 11 is 0. The second-order valence-electron chi connectivity index (χ2n) is 6.30. The first-order valence-electron chi connectivity index (χ1n) is 6.73. The number of hydrogen-bond acceptors (Lipinski definition) is 1. The van der Waals surface area contributed by atoms with Crippen LogP contribution in [0.2, 0.25) is 0 Å². The summed E-state index contributed by atoms with van der Waals surface area (Å²) in [6.07, 6.45) is 0.621. The van der Waals surface area contributed by atoms with Crippen molar-refractivity contribution in [1.29, 1.82) is 0 Å². The topological polar surface area (TPSA) is 17.1 Å². The number of Topliss-reactive ketones (excluding diaryl/α,β-unsaturated/α-hetero) is 1. The minimum atomic E-state index is 0. The summed E-state index contributed by atoms with van der Waals surface area (Å²) in [6, 6.07) is 14.1. The molecule has 0 aliphatic rings. The van der Waals surface area contributed by atoms with Crippen LogP contribution in [0, 0.1) is 19.3 Å². The van der Waals surface area contributed by atoms with Crippen molar-refractivity contribution in [2.45, 2.75) is 41.0 Å². The van der Waals surface area contributed by atoms with E-state index in [0.29, 0.717) is 6.42 Å². The Balaban J connectivity index is 0.000000434. The normalized spacial score (nSPS) is 10.2. The Labute approximate surface area is 133 Å². The molecule has 0 aliphatic carbocycles. The fourth-order valence-corrected chi connectivity index (χ4v) is 1.79. The molecule has 0 heterocycles. The zero-order chi connectivity index (χ0) is 14.5. The Morgan fingerprint density at radius 3 is 2.10 bits per heavy atom. The van der Waals surface area contributed by atoms with Gasteiger partial charge in [-0.15, -0.1) is 0 Å². The molecule has 0 N–H and O–H groups in total. The van der Waals surface area contributed by atoms with E-state index >= 15 is 0 Å².